The molecule has 0 aliphatic rings. The Kier molecular flexibility index (Phi) is 3.62. The average molecular weight is 319 g/mol. The van der Waals surface area contributed by atoms with Crippen molar-refractivity contribution in [3.63, 3.8) is 0 Å². The number of halogens is 2. The predicted molar refractivity (Wildman–Crippen MR) is 86.0 cm³/mol. The summed E-state index contributed by atoms with van der Waals surface area (Å²) in [5.74, 6) is -0.432. The summed E-state index contributed by atoms with van der Waals surface area (Å²) < 4.78 is 1.99. The largest absolute Gasteiger partial charge is 0.366 e. The smallest absolute Gasteiger partial charge is 0.249 e. The second kappa shape index (κ2) is 5.43. The fraction of sp³-hybridized carbons (Fsp3) is 0.0625. The molecule has 0 aliphatic carbocycles. The third-order valence-electron chi connectivity index (χ3n) is 3.43. The van der Waals surface area contributed by atoms with Crippen LogP contribution in [0, 0.1) is 0 Å². The van der Waals surface area contributed by atoms with Gasteiger partial charge in [0.2, 0.25) is 5.91 Å². The summed E-state index contributed by atoms with van der Waals surface area (Å²) in [7, 11) is 0. The van der Waals surface area contributed by atoms with Gasteiger partial charge in [0, 0.05) is 28.7 Å². The van der Waals surface area contributed by atoms with E-state index in [0.29, 0.717) is 22.2 Å². The van der Waals surface area contributed by atoms with Crippen LogP contribution in [0.2, 0.25) is 10.0 Å². The van der Waals surface area contributed by atoms with Crippen molar-refractivity contribution in [3.05, 3.63) is 69.8 Å². The van der Waals surface area contributed by atoms with Gasteiger partial charge in [-0.15, -0.1) is 0 Å². The van der Waals surface area contributed by atoms with Gasteiger partial charge < -0.3 is 10.3 Å². The Morgan fingerprint density at radius 1 is 1.14 bits per heavy atom. The number of nitrogens with zero attached hydrogens (tertiary/aromatic N) is 1. The summed E-state index contributed by atoms with van der Waals surface area (Å²) in [6.07, 6.45) is 1.92. The van der Waals surface area contributed by atoms with E-state index in [1.54, 1.807) is 18.2 Å². The van der Waals surface area contributed by atoms with Crippen LogP contribution in [0.1, 0.15) is 15.9 Å². The number of aromatic nitrogens is 1. The number of hydrogen-bond donors (Lipinski definition) is 1. The lowest BCUT2D eigenvalue weighted by molar-refractivity contribution is 0.0999. The molecule has 3 aromatic rings. The van der Waals surface area contributed by atoms with Crippen LogP contribution in [-0.4, -0.2) is 10.5 Å². The molecule has 1 aromatic heterocycles. The molecule has 1 amide bonds. The molecule has 5 heteroatoms. The number of nitrogens with two attached hydrogens (primary N) is 1. The molecule has 21 heavy (non-hydrogen) atoms. The molecule has 0 saturated carbocycles. The number of benzene rings is 2. The van der Waals surface area contributed by atoms with E-state index in [2.05, 4.69) is 0 Å². The van der Waals surface area contributed by atoms with Crippen LogP contribution in [0.4, 0.5) is 0 Å². The Balaban J connectivity index is 2.09. The Morgan fingerprint density at radius 3 is 2.67 bits per heavy atom. The van der Waals surface area contributed by atoms with Crippen molar-refractivity contribution in [3.8, 4) is 0 Å². The maximum absolute atomic E-state index is 11.5. The first kappa shape index (κ1) is 14.0. The maximum atomic E-state index is 11.5. The maximum Gasteiger partial charge on any atom is 0.249 e. The van der Waals surface area contributed by atoms with Gasteiger partial charge in [-0.1, -0.05) is 41.4 Å². The summed E-state index contributed by atoms with van der Waals surface area (Å²) in [5.41, 5.74) is 7.72. The molecule has 1 heterocycles. The van der Waals surface area contributed by atoms with Crippen molar-refractivity contribution >= 4 is 40.0 Å². The predicted octanol–water partition coefficient (Wildman–Crippen LogP) is 4.10. The van der Waals surface area contributed by atoms with Crippen molar-refractivity contribution < 1.29 is 4.79 Å². The molecule has 0 bridgehead atoms. The minimum absolute atomic E-state index is 0.432. The van der Waals surface area contributed by atoms with Crippen LogP contribution in [0.15, 0.2) is 48.7 Å². The van der Waals surface area contributed by atoms with Gasteiger partial charge in [0.25, 0.3) is 0 Å². The molecule has 2 aromatic carbocycles. The normalized spacial score (nSPS) is 11.0. The Morgan fingerprint density at radius 2 is 1.90 bits per heavy atom. The molecule has 0 spiro atoms. The Hall–Kier alpha value is -1.97. The molecule has 2 N–H and O–H groups in total. The summed E-state index contributed by atoms with van der Waals surface area (Å²) in [6, 6.07) is 12.8. The van der Waals surface area contributed by atoms with Gasteiger partial charge in [-0.25, -0.2) is 0 Å². The summed E-state index contributed by atoms with van der Waals surface area (Å²) >= 11 is 12.3. The van der Waals surface area contributed by atoms with Gasteiger partial charge in [0.15, 0.2) is 0 Å². The third-order valence-corrected chi connectivity index (χ3v) is 3.96. The molecule has 0 fully saturated rings. The highest BCUT2D eigenvalue weighted by atomic mass is 35.5. The number of carbonyl (C=O) groups excluding carboxylic acids is 1. The molecule has 3 nitrogen and oxygen atoms in total. The van der Waals surface area contributed by atoms with Crippen molar-refractivity contribution in [2.45, 2.75) is 6.54 Å². The number of carbonyl (C=O) groups is 1. The van der Waals surface area contributed by atoms with Crippen LogP contribution in [0.25, 0.3) is 10.9 Å². The zero-order chi connectivity index (χ0) is 15.0. The van der Waals surface area contributed by atoms with Gasteiger partial charge >= 0.3 is 0 Å². The number of fused-ring (bicyclic) bond motifs is 1. The standard InChI is InChI=1S/C16H12Cl2N2O/c17-11-7-14(18)13-5-6-20(15(13)8-11)9-10-3-1-2-4-12(10)16(19)21/h1-8H,9H2,(H2,19,21). The molecular formula is C16H12Cl2N2O. The third kappa shape index (κ3) is 2.62. The lowest BCUT2D eigenvalue weighted by Gasteiger charge is -2.09. The van der Waals surface area contributed by atoms with E-state index in [4.69, 9.17) is 28.9 Å². The van der Waals surface area contributed by atoms with Gasteiger partial charge in [-0.3, -0.25) is 4.79 Å². The first-order valence-electron chi connectivity index (χ1n) is 6.38. The van der Waals surface area contributed by atoms with E-state index < -0.39 is 5.91 Å². The average Bonchev–Trinajstić information content (AvgIpc) is 2.82. The van der Waals surface area contributed by atoms with Crippen molar-refractivity contribution in [2.75, 3.05) is 0 Å². The Bertz CT molecular complexity index is 839. The first-order valence-corrected chi connectivity index (χ1v) is 7.13. The van der Waals surface area contributed by atoms with Gasteiger partial charge in [-0.05, 0) is 29.8 Å². The monoisotopic (exact) mass is 318 g/mol. The summed E-state index contributed by atoms with van der Waals surface area (Å²) in [6.45, 7) is 0.527. The highest BCUT2D eigenvalue weighted by Gasteiger charge is 2.11. The van der Waals surface area contributed by atoms with Crippen LogP contribution in [0.5, 0.6) is 0 Å². The van der Waals surface area contributed by atoms with E-state index in [1.165, 1.54) is 0 Å². The molecular weight excluding hydrogens is 307 g/mol. The summed E-state index contributed by atoms with van der Waals surface area (Å²) in [5, 5.41) is 2.12. The van der Waals surface area contributed by atoms with Crippen LogP contribution in [-0.2, 0) is 6.54 Å². The van der Waals surface area contributed by atoms with Crippen LogP contribution in [0.3, 0.4) is 0 Å². The first-order chi connectivity index (χ1) is 10.1. The van der Waals surface area contributed by atoms with Gasteiger partial charge in [-0.2, -0.15) is 0 Å². The molecule has 0 unspecified atom stereocenters. The zero-order valence-electron chi connectivity index (χ0n) is 11.0. The van der Waals surface area contributed by atoms with Gasteiger partial charge in [0.1, 0.15) is 0 Å². The second-order valence-corrected chi connectivity index (χ2v) is 5.63. The quantitative estimate of drug-likeness (QED) is 0.776. The zero-order valence-corrected chi connectivity index (χ0v) is 12.5. The van der Waals surface area contributed by atoms with E-state index >= 15 is 0 Å². The van der Waals surface area contributed by atoms with Crippen LogP contribution >= 0.6 is 23.2 Å². The minimum Gasteiger partial charge on any atom is -0.366 e. The van der Waals surface area contributed by atoms with E-state index in [0.717, 1.165) is 16.5 Å². The molecule has 0 aliphatic heterocycles. The van der Waals surface area contributed by atoms with E-state index in [9.17, 15) is 4.79 Å². The molecule has 0 atom stereocenters. The molecule has 106 valence electrons. The number of hydrogen-bond acceptors (Lipinski definition) is 1. The highest BCUT2D eigenvalue weighted by Crippen LogP contribution is 2.29. The fourth-order valence-electron chi connectivity index (χ4n) is 2.44. The van der Waals surface area contributed by atoms with Gasteiger partial charge in [0.05, 0.1) is 10.5 Å². The lowest BCUT2D eigenvalue weighted by atomic mass is 10.1. The number of rotatable bonds is 3. The van der Waals surface area contributed by atoms with Crippen LogP contribution < -0.4 is 5.73 Å². The van der Waals surface area contributed by atoms with Crippen molar-refractivity contribution in [2.24, 2.45) is 5.73 Å². The minimum atomic E-state index is -0.432. The lowest BCUT2D eigenvalue weighted by Crippen LogP contribution is -2.14. The SMILES string of the molecule is NC(=O)c1ccccc1Cn1ccc2c(Cl)cc(Cl)cc21. The van der Waals surface area contributed by atoms with Crippen molar-refractivity contribution in [1.29, 1.82) is 0 Å². The molecule has 0 saturated heterocycles. The fourth-order valence-corrected chi connectivity index (χ4v) is 2.98. The Labute approximate surface area is 131 Å². The summed E-state index contributed by atoms with van der Waals surface area (Å²) in [4.78, 5) is 11.5. The highest BCUT2D eigenvalue weighted by molar-refractivity contribution is 6.38. The molecule has 3 rings (SSSR count). The van der Waals surface area contributed by atoms with E-state index in [1.807, 2.05) is 35.0 Å². The number of amides is 1. The molecule has 0 radical (unpaired) electrons. The van der Waals surface area contributed by atoms with Crippen molar-refractivity contribution in [1.82, 2.24) is 4.57 Å². The second-order valence-electron chi connectivity index (χ2n) is 4.79. The topological polar surface area (TPSA) is 48.0 Å². The van der Waals surface area contributed by atoms with E-state index in [-0.39, 0.29) is 0 Å². The number of primary amides is 1.